The molecule has 3 rings (SSSR count). The predicted molar refractivity (Wildman–Crippen MR) is 65.4 cm³/mol. The molecule has 0 radical (unpaired) electrons. The second-order valence-electron chi connectivity index (χ2n) is 3.66. The molecule has 0 N–H and O–H groups in total. The molecule has 0 aliphatic heterocycles. The fourth-order valence-electron chi connectivity index (χ4n) is 1.79. The van der Waals surface area contributed by atoms with Gasteiger partial charge in [0.15, 0.2) is 0 Å². The molecule has 0 fully saturated rings. The normalized spacial score (nSPS) is 10.9. The molecule has 3 aromatic rings. The molecule has 0 aliphatic carbocycles. The molecule has 15 heavy (non-hydrogen) atoms. The maximum atomic E-state index is 2.25. The van der Waals surface area contributed by atoms with Gasteiger partial charge in [-0.2, -0.15) is 0 Å². The molecule has 0 aliphatic rings. The van der Waals surface area contributed by atoms with Crippen LogP contribution in [-0.2, 0) is 6.54 Å². The van der Waals surface area contributed by atoms with Crippen LogP contribution in [0.3, 0.4) is 0 Å². The quantitative estimate of drug-likeness (QED) is 0.611. The van der Waals surface area contributed by atoms with Crippen LogP contribution in [0.15, 0.2) is 54.2 Å². The van der Waals surface area contributed by atoms with E-state index in [9.17, 15) is 0 Å². The Bertz CT molecular complexity index is 534. The summed E-state index contributed by atoms with van der Waals surface area (Å²) < 4.78 is 3.61. The molecule has 0 spiro atoms. The fraction of sp³-hybridized carbons (Fsp3) is 0.0769. The lowest BCUT2D eigenvalue weighted by molar-refractivity contribution is 0.810. The first kappa shape index (κ1) is 8.74. The largest absolute Gasteiger partial charge is 0.348 e. The van der Waals surface area contributed by atoms with Crippen LogP contribution in [0.5, 0.6) is 0 Å². The van der Waals surface area contributed by atoms with Crippen molar-refractivity contribution in [2.24, 2.45) is 0 Å². The lowest BCUT2D eigenvalue weighted by Crippen LogP contribution is -1.94. The second-order valence-corrected chi connectivity index (χ2v) is 4.60. The van der Waals surface area contributed by atoms with Crippen molar-refractivity contribution < 1.29 is 0 Å². The molecule has 0 unspecified atom stereocenters. The van der Waals surface area contributed by atoms with Crippen LogP contribution in [0.1, 0.15) is 5.56 Å². The van der Waals surface area contributed by atoms with E-state index in [1.54, 1.807) is 11.3 Å². The summed E-state index contributed by atoms with van der Waals surface area (Å²) in [4.78, 5) is 0. The standard InChI is InChI=1S/C13H11NS/c1-2-4-11(5-3-1)8-14-9-12-6-7-15-13(12)10-14/h1-7,9-10H,8H2. The summed E-state index contributed by atoms with van der Waals surface area (Å²) in [7, 11) is 0. The predicted octanol–water partition coefficient (Wildman–Crippen LogP) is 3.75. The molecular weight excluding hydrogens is 202 g/mol. The second kappa shape index (κ2) is 3.55. The molecule has 0 saturated heterocycles. The molecular formula is C13H11NS. The first-order valence-electron chi connectivity index (χ1n) is 4.99. The number of hydrogen-bond donors (Lipinski definition) is 0. The molecule has 1 aromatic carbocycles. The first-order valence-corrected chi connectivity index (χ1v) is 5.87. The lowest BCUT2D eigenvalue weighted by Gasteiger charge is -2.01. The molecule has 2 heterocycles. The fourth-order valence-corrected chi connectivity index (χ4v) is 2.61. The highest BCUT2D eigenvalue weighted by atomic mass is 32.1. The van der Waals surface area contributed by atoms with Gasteiger partial charge >= 0.3 is 0 Å². The summed E-state index contributed by atoms with van der Waals surface area (Å²) in [6.45, 7) is 0.961. The summed E-state index contributed by atoms with van der Waals surface area (Å²) in [5.74, 6) is 0. The maximum absolute atomic E-state index is 2.25. The van der Waals surface area contributed by atoms with Gasteiger partial charge in [-0.1, -0.05) is 30.3 Å². The Balaban J connectivity index is 1.93. The first-order chi connectivity index (χ1) is 7.42. The van der Waals surface area contributed by atoms with Crippen LogP contribution >= 0.6 is 11.3 Å². The Morgan fingerprint density at radius 3 is 2.67 bits per heavy atom. The van der Waals surface area contributed by atoms with Gasteiger partial charge in [0, 0.05) is 24.3 Å². The zero-order valence-electron chi connectivity index (χ0n) is 8.26. The van der Waals surface area contributed by atoms with E-state index in [-0.39, 0.29) is 0 Å². The molecule has 1 nitrogen and oxygen atoms in total. The third-order valence-corrected chi connectivity index (χ3v) is 3.39. The van der Waals surface area contributed by atoms with Crippen molar-refractivity contribution in [3.05, 3.63) is 59.7 Å². The number of hydrogen-bond acceptors (Lipinski definition) is 1. The summed E-state index contributed by atoms with van der Waals surface area (Å²) in [5, 5.41) is 3.48. The Morgan fingerprint density at radius 1 is 1.00 bits per heavy atom. The van der Waals surface area contributed by atoms with E-state index in [2.05, 4.69) is 58.7 Å². The van der Waals surface area contributed by atoms with E-state index in [0.717, 1.165) is 6.54 Å². The Hall–Kier alpha value is -1.54. The monoisotopic (exact) mass is 213 g/mol. The molecule has 0 atom stereocenters. The van der Waals surface area contributed by atoms with E-state index in [4.69, 9.17) is 0 Å². The van der Waals surface area contributed by atoms with Gasteiger partial charge in [0.1, 0.15) is 0 Å². The average molecular weight is 213 g/mol. The molecule has 0 amide bonds. The summed E-state index contributed by atoms with van der Waals surface area (Å²) in [5.41, 5.74) is 1.35. The zero-order chi connectivity index (χ0) is 10.1. The van der Waals surface area contributed by atoms with Crippen LogP contribution in [0.25, 0.3) is 10.1 Å². The van der Waals surface area contributed by atoms with Crippen LogP contribution in [-0.4, -0.2) is 4.57 Å². The number of rotatable bonds is 2. The van der Waals surface area contributed by atoms with Crippen LogP contribution < -0.4 is 0 Å². The number of aromatic nitrogens is 1. The molecule has 2 heteroatoms. The summed E-state index contributed by atoms with van der Waals surface area (Å²) in [6, 6.07) is 12.7. The van der Waals surface area contributed by atoms with Crippen molar-refractivity contribution in [1.29, 1.82) is 0 Å². The summed E-state index contributed by atoms with van der Waals surface area (Å²) in [6.07, 6.45) is 4.42. The van der Waals surface area contributed by atoms with Gasteiger partial charge < -0.3 is 4.57 Å². The summed E-state index contributed by atoms with van der Waals surface area (Å²) >= 11 is 1.80. The van der Waals surface area contributed by atoms with Crippen molar-refractivity contribution in [2.45, 2.75) is 6.54 Å². The Labute approximate surface area is 92.6 Å². The molecule has 0 bridgehead atoms. The Morgan fingerprint density at radius 2 is 1.87 bits per heavy atom. The van der Waals surface area contributed by atoms with Gasteiger partial charge in [-0.15, -0.1) is 11.3 Å². The van der Waals surface area contributed by atoms with Crippen molar-refractivity contribution in [3.63, 3.8) is 0 Å². The van der Waals surface area contributed by atoms with Crippen molar-refractivity contribution in [2.75, 3.05) is 0 Å². The number of fused-ring (bicyclic) bond motifs is 1. The van der Waals surface area contributed by atoms with Crippen LogP contribution in [0.2, 0.25) is 0 Å². The third-order valence-electron chi connectivity index (χ3n) is 2.52. The third kappa shape index (κ3) is 1.68. The molecule has 2 aromatic heterocycles. The van der Waals surface area contributed by atoms with Crippen LogP contribution in [0, 0.1) is 0 Å². The van der Waals surface area contributed by atoms with Gasteiger partial charge in [0.25, 0.3) is 0 Å². The Kier molecular flexibility index (Phi) is 2.07. The van der Waals surface area contributed by atoms with Crippen molar-refractivity contribution in [3.8, 4) is 0 Å². The molecule has 74 valence electrons. The highest BCUT2D eigenvalue weighted by molar-refractivity contribution is 7.17. The number of thiophene rings is 1. The topological polar surface area (TPSA) is 4.93 Å². The highest BCUT2D eigenvalue weighted by Crippen LogP contribution is 2.21. The SMILES string of the molecule is c1ccc(Cn2cc3ccsc3c2)cc1. The van der Waals surface area contributed by atoms with Gasteiger partial charge in [-0.3, -0.25) is 0 Å². The minimum absolute atomic E-state index is 0.961. The van der Waals surface area contributed by atoms with Gasteiger partial charge in [0.2, 0.25) is 0 Å². The minimum Gasteiger partial charge on any atom is -0.348 e. The van der Waals surface area contributed by atoms with Gasteiger partial charge in [0.05, 0.1) is 4.70 Å². The van der Waals surface area contributed by atoms with E-state index >= 15 is 0 Å². The number of nitrogens with zero attached hydrogens (tertiary/aromatic N) is 1. The van der Waals surface area contributed by atoms with Crippen LogP contribution in [0.4, 0.5) is 0 Å². The van der Waals surface area contributed by atoms with E-state index in [0.29, 0.717) is 0 Å². The van der Waals surface area contributed by atoms with Crippen molar-refractivity contribution in [1.82, 2.24) is 4.57 Å². The highest BCUT2D eigenvalue weighted by Gasteiger charge is 1.99. The number of benzene rings is 1. The molecule has 0 saturated carbocycles. The smallest absolute Gasteiger partial charge is 0.0519 e. The van der Waals surface area contributed by atoms with Gasteiger partial charge in [-0.25, -0.2) is 0 Å². The van der Waals surface area contributed by atoms with E-state index < -0.39 is 0 Å². The minimum atomic E-state index is 0.961. The maximum Gasteiger partial charge on any atom is 0.0519 e. The van der Waals surface area contributed by atoms with Gasteiger partial charge in [-0.05, 0) is 17.0 Å². The average Bonchev–Trinajstić information content (AvgIpc) is 2.79. The van der Waals surface area contributed by atoms with Crippen molar-refractivity contribution >= 4 is 21.4 Å². The lowest BCUT2D eigenvalue weighted by atomic mass is 10.2. The van der Waals surface area contributed by atoms with E-state index in [1.807, 2.05) is 0 Å². The zero-order valence-corrected chi connectivity index (χ0v) is 9.08. The van der Waals surface area contributed by atoms with E-state index in [1.165, 1.54) is 15.6 Å².